The van der Waals surface area contributed by atoms with Crippen molar-refractivity contribution in [1.82, 2.24) is 15.1 Å². The van der Waals surface area contributed by atoms with Crippen LogP contribution in [0.5, 0.6) is 0 Å². The van der Waals surface area contributed by atoms with Crippen molar-refractivity contribution in [2.45, 2.75) is 32.4 Å². The van der Waals surface area contributed by atoms with Gasteiger partial charge in [0.05, 0.1) is 18.4 Å². The van der Waals surface area contributed by atoms with Crippen LogP contribution in [0.3, 0.4) is 0 Å². The smallest absolute Gasteiger partial charge is 0.341 e. The van der Waals surface area contributed by atoms with Crippen LogP contribution < -0.4 is 5.32 Å². The van der Waals surface area contributed by atoms with Gasteiger partial charge in [-0.05, 0) is 19.8 Å². The monoisotopic (exact) mass is 281 g/mol. The molecule has 0 unspecified atom stereocenters. The van der Waals surface area contributed by atoms with Gasteiger partial charge in [0.15, 0.2) is 0 Å². The number of hydrogen-bond donors (Lipinski definition) is 1. The van der Waals surface area contributed by atoms with E-state index >= 15 is 0 Å². The zero-order chi connectivity index (χ0) is 14.4. The zero-order valence-electron chi connectivity index (χ0n) is 11.5. The third-order valence-electron chi connectivity index (χ3n) is 3.04. The minimum absolute atomic E-state index is 0.0940. The summed E-state index contributed by atoms with van der Waals surface area (Å²) in [5.41, 5.74) is 0.353. The van der Waals surface area contributed by atoms with E-state index in [1.807, 2.05) is 0 Å². The number of nitrogens with zero attached hydrogens (tertiary/aromatic N) is 2. The van der Waals surface area contributed by atoms with E-state index in [1.165, 1.54) is 17.1 Å². The molecule has 0 bridgehead atoms. The van der Waals surface area contributed by atoms with Gasteiger partial charge in [0.25, 0.3) is 0 Å². The van der Waals surface area contributed by atoms with E-state index in [2.05, 4.69) is 10.4 Å². The highest BCUT2D eigenvalue weighted by atomic mass is 16.5. The average Bonchev–Trinajstić information content (AvgIpc) is 2.88. The molecule has 2 rings (SSSR count). The van der Waals surface area contributed by atoms with Crippen LogP contribution in [-0.4, -0.2) is 47.5 Å². The molecule has 7 nitrogen and oxygen atoms in total. The van der Waals surface area contributed by atoms with Crippen molar-refractivity contribution >= 4 is 11.9 Å². The largest absolute Gasteiger partial charge is 0.462 e. The maximum Gasteiger partial charge on any atom is 0.341 e. The Morgan fingerprint density at radius 3 is 2.95 bits per heavy atom. The number of carbonyl (C=O) groups is 2. The zero-order valence-corrected chi connectivity index (χ0v) is 11.5. The van der Waals surface area contributed by atoms with Crippen molar-refractivity contribution in [2.75, 3.05) is 19.8 Å². The maximum atomic E-state index is 11.9. The predicted molar refractivity (Wildman–Crippen MR) is 70.2 cm³/mol. The van der Waals surface area contributed by atoms with Crippen LogP contribution in [0.4, 0.5) is 0 Å². The van der Waals surface area contributed by atoms with E-state index < -0.39 is 5.97 Å². The van der Waals surface area contributed by atoms with Gasteiger partial charge in [-0.3, -0.25) is 9.48 Å². The number of ether oxygens (including phenoxy) is 2. The molecule has 2 heterocycles. The van der Waals surface area contributed by atoms with Gasteiger partial charge in [-0.25, -0.2) is 4.79 Å². The lowest BCUT2D eigenvalue weighted by atomic mass is 10.1. The van der Waals surface area contributed by atoms with E-state index in [9.17, 15) is 9.59 Å². The average molecular weight is 281 g/mol. The highest BCUT2D eigenvalue weighted by molar-refractivity contribution is 5.88. The second-order valence-corrected chi connectivity index (χ2v) is 4.60. The second kappa shape index (κ2) is 7.04. The summed E-state index contributed by atoms with van der Waals surface area (Å²) in [6.45, 7) is 3.51. The molecular formula is C13H19N3O4. The van der Waals surface area contributed by atoms with E-state index in [1.54, 1.807) is 6.92 Å². The van der Waals surface area contributed by atoms with E-state index in [0.717, 1.165) is 12.8 Å². The van der Waals surface area contributed by atoms with Gasteiger partial charge in [-0.15, -0.1) is 0 Å². The summed E-state index contributed by atoms with van der Waals surface area (Å²) in [4.78, 5) is 23.3. The number of amides is 1. The number of rotatable bonds is 5. The molecule has 0 aromatic carbocycles. The number of hydrogen-bond acceptors (Lipinski definition) is 5. The third kappa shape index (κ3) is 4.06. The van der Waals surface area contributed by atoms with Crippen LogP contribution >= 0.6 is 0 Å². The molecule has 1 aromatic rings. The van der Waals surface area contributed by atoms with E-state index in [4.69, 9.17) is 9.47 Å². The Bertz CT molecular complexity index is 466. The first-order valence-electron chi connectivity index (χ1n) is 6.75. The van der Waals surface area contributed by atoms with Gasteiger partial charge in [0.2, 0.25) is 5.91 Å². The van der Waals surface area contributed by atoms with Gasteiger partial charge in [-0.1, -0.05) is 0 Å². The molecule has 20 heavy (non-hydrogen) atoms. The van der Waals surface area contributed by atoms with E-state index in [0.29, 0.717) is 25.4 Å². The van der Waals surface area contributed by atoms with Gasteiger partial charge in [0, 0.05) is 25.5 Å². The summed E-state index contributed by atoms with van der Waals surface area (Å²) in [6.07, 6.45) is 4.58. The van der Waals surface area contributed by atoms with Crippen LogP contribution in [0, 0.1) is 0 Å². The number of carbonyl (C=O) groups excluding carboxylic acids is 2. The summed E-state index contributed by atoms with van der Waals surface area (Å²) in [7, 11) is 0. The SMILES string of the molecule is CCOC(=O)c1cnn(CC(=O)NC2CCOCC2)c1. The van der Waals surface area contributed by atoms with Gasteiger partial charge >= 0.3 is 5.97 Å². The van der Waals surface area contributed by atoms with Crippen molar-refractivity contribution < 1.29 is 19.1 Å². The molecule has 0 spiro atoms. The first-order valence-corrected chi connectivity index (χ1v) is 6.75. The lowest BCUT2D eigenvalue weighted by Gasteiger charge is -2.23. The van der Waals surface area contributed by atoms with Crippen molar-refractivity contribution in [3.05, 3.63) is 18.0 Å². The molecule has 1 fully saturated rings. The van der Waals surface area contributed by atoms with Gasteiger partial charge in [0.1, 0.15) is 6.54 Å². The van der Waals surface area contributed by atoms with Crippen LogP contribution in [0.15, 0.2) is 12.4 Å². The molecule has 0 radical (unpaired) electrons. The Labute approximate surface area is 117 Å². The standard InChI is InChI=1S/C13H19N3O4/c1-2-20-13(18)10-7-14-16(8-10)9-12(17)15-11-3-5-19-6-4-11/h7-8,11H,2-6,9H2,1H3,(H,15,17). The molecular weight excluding hydrogens is 262 g/mol. The van der Waals surface area contributed by atoms with Crippen molar-refractivity contribution in [2.24, 2.45) is 0 Å². The molecule has 1 aromatic heterocycles. The fourth-order valence-corrected chi connectivity index (χ4v) is 2.03. The van der Waals surface area contributed by atoms with Crippen LogP contribution in [-0.2, 0) is 20.8 Å². The molecule has 0 atom stereocenters. The van der Waals surface area contributed by atoms with Crippen LogP contribution in [0.1, 0.15) is 30.1 Å². The molecule has 7 heteroatoms. The minimum atomic E-state index is -0.427. The summed E-state index contributed by atoms with van der Waals surface area (Å²) < 4.78 is 11.5. The number of esters is 1. The van der Waals surface area contributed by atoms with Crippen molar-refractivity contribution in [1.29, 1.82) is 0 Å². The normalized spacial score (nSPS) is 15.8. The third-order valence-corrected chi connectivity index (χ3v) is 3.04. The first kappa shape index (κ1) is 14.5. The molecule has 1 amide bonds. The molecule has 1 N–H and O–H groups in total. The Hall–Kier alpha value is -1.89. The summed E-state index contributed by atoms with van der Waals surface area (Å²) in [6, 6.07) is 0.163. The highest BCUT2D eigenvalue weighted by Crippen LogP contribution is 2.06. The Morgan fingerprint density at radius 2 is 2.25 bits per heavy atom. The Balaban J connectivity index is 1.83. The highest BCUT2D eigenvalue weighted by Gasteiger charge is 2.17. The van der Waals surface area contributed by atoms with Gasteiger partial charge < -0.3 is 14.8 Å². The summed E-state index contributed by atoms with van der Waals surface area (Å²) in [5.74, 6) is -0.543. The summed E-state index contributed by atoms with van der Waals surface area (Å²) in [5, 5.41) is 6.92. The van der Waals surface area contributed by atoms with Crippen molar-refractivity contribution in [3.8, 4) is 0 Å². The minimum Gasteiger partial charge on any atom is -0.462 e. The Kier molecular flexibility index (Phi) is 5.11. The molecule has 1 aliphatic heterocycles. The van der Waals surface area contributed by atoms with Crippen molar-refractivity contribution in [3.63, 3.8) is 0 Å². The Morgan fingerprint density at radius 1 is 1.50 bits per heavy atom. The maximum absolute atomic E-state index is 11.9. The van der Waals surface area contributed by atoms with Crippen LogP contribution in [0.25, 0.3) is 0 Å². The molecule has 0 aliphatic carbocycles. The number of nitrogens with one attached hydrogen (secondary N) is 1. The first-order chi connectivity index (χ1) is 9.69. The topological polar surface area (TPSA) is 82.5 Å². The quantitative estimate of drug-likeness (QED) is 0.788. The van der Waals surface area contributed by atoms with Crippen LogP contribution in [0.2, 0.25) is 0 Å². The number of aromatic nitrogens is 2. The second-order valence-electron chi connectivity index (χ2n) is 4.60. The fourth-order valence-electron chi connectivity index (χ4n) is 2.03. The summed E-state index contributed by atoms with van der Waals surface area (Å²) >= 11 is 0. The fraction of sp³-hybridized carbons (Fsp3) is 0.615. The predicted octanol–water partition coefficient (Wildman–Crippen LogP) is 0.355. The molecule has 1 saturated heterocycles. The van der Waals surface area contributed by atoms with E-state index in [-0.39, 0.29) is 18.5 Å². The molecule has 110 valence electrons. The molecule has 1 aliphatic rings. The lowest BCUT2D eigenvalue weighted by Crippen LogP contribution is -2.40. The van der Waals surface area contributed by atoms with Gasteiger partial charge in [-0.2, -0.15) is 5.10 Å². The molecule has 0 saturated carbocycles. The lowest BCUT2D eigenvalue weighted by molar-refractivity contribution is -0.123.